The molecule has 0 saturated carbocycles. The summed E-state index contributed by atoms with van der Waals surface area (Å²) < 4.78 is 0. The van der Waals surface area contributed by atoms with Gasteiger partial charge < -0.3 is 5.32 Å². The van der Waals surface area contributed by atoms with Crippen molar-refractivity contribution in [1.29, 1.82) is 0 Å². The molecule has 3 aromatic rings. The number of nitrogens with one attached hydrogen (secondary N) is 1. The lowest BCUT2D eigenvalue weighted by Gasteiger charge is -2.17. The largest absolute Gasteiger partial charge is 0.313 e. The lowest BCUT2D eigenvalue weighted by Crippen LogP contribution is -2.17. The van der Waals surface area contributed by atoms with Crippen LogP contribution in [0.3, 0.4) is 0 Å². The fourth-order valence-corrected chi connectivity index (χ4v) is 2.73. The maximum absolute atomic E-state index is 4.45. The molecule has 21 heavy (non-hydrogen) atoms. The number of aryl methyl sites for hydroxylation is 1. The molecular formula is C19H20N2. The zero-order valence-corrected chi connectivity index (χ0v) is 12.3. The number of rotatable bonds is 5. The Balaban J connectivity index is 1.78. The van der Waals surface area contributed by atoms with E-state index in [1.807, 2.05) is 19.3 Å². The van der Waals surface area contributed by atoms with Crippen molar-refractivity contribution in [3.05, 3.63) is 78.0 Å². The molecule has 1 unspecified atom stereocenters. The van der Waals surface area contributed by atoms with Crippen molar-refractivity contribution in [2.75, 3.05) is 7.05 Å². The Bertz CT molecular complexity index is 707. The molecule has 0 aliphatic rings. The van der Waals surface area contributed by atoms with Crippen LogP contribution in [0.4, 0.5) is 0 Å². The minimum atomic E-state index is 0.358. The number of hydrogen-bond donors (Lipinski definition) is 1. The minimum absolute atomic E-state index is 0.358. The molecule has 1 aromatic heterocycles. The average molecular weight is 276 g/mol. The van der Waals surface area contributed by atoms with Crippen LogP contribution in [0.25, 0.3) is 10.9 Å². The van der Waals surface area contributed by atoms with E-state index in [2.05, 4.69) is 64.9 Å². The van der Waals surface area contributed by atoms with Gasteiger partial charge in [0.15, 0.2) is 0 Å². The summed E-state index contributed by atoms with van der Waals surface area (Å²) >= 11 is 0. The molecule has 3 rings (SSSR count). The van der Waals surface area contributed by atoms with Crippen molar-refractivity contribution in [1.82, 2.24) is 10.3 Å². The van der Waals surface area contributed by atoms with Gasteiger partial charge in [-0.05, 0) is 43.1 Å². The smallest absolute Gasteiger partial charge is 0.0705 e. The first-order chi connectivity index (χ1) is 10.4. The minimum Gasteiger partial charge on any atom is -0.313 e. The summed E-state index contributed by atoms with van der Waals surface area (Å²) in [7, 11) is 2.03. The second-order valence-corrected chi connectivity index (χ2v) is 5.32. The Morgan fingerprint density at radius 3 is 2.67 bits per heavy atom. The van der Waals surface area contributed by atoms with Gasteiger partial charge in [-0.1, -0.05) is 48.5 Å². The SMILES string of the molecule is CNC(CCc1ccccc1)c1ccc2cccnc2c1. The maximum atomic E-state index is 4.45. The Hall–Kier alpha value is -2.19. The standard InChI is InChI=1S/C19H20N2/c1-20-18(12-9-15-6-3-2-4-7-15)17-11-10-16-8-5-13-21-19(16)14-17/h2-8,10-11,13-14,18,20H,9,12H2,1H3. The van der Waals surface area contributed by atoms with E-state index in [-0.39, 0.29) is 0 Å². The van der Waals surface area contributed by atoms with Gasteiger partial charge in [-0.25, -0.2) is 0 Å². The zero-order valence-electron chi connectivity index (χ0n) is 12.3. The molecule has 1 N–H and O–H groups in total. The lowest BCUT2D eigenvalue weighted by molar-refractivity contribution is 0.550. The first-order valence-electron chi connectivity index (χ1n) is 7.43. The summed E-state index contributed by atoms with van der Waals surface area (Å²) in [5, 5.41) is 4.62. The third-order valence-electron chi connectivity index (χ3n) is 3.95. The number of aromatic nitrogens is 1. The third kappa shape index (κ3) is 3.29. The van der Waals surface area contributed by atoms with Crippen LogP contribution < -0.4 is 5.32 Å². The third-order valence-corrected chi connectivity index (χ3v) is 3.95. The molecule has 0 fully saturated rings. The van der Waals surface area contributed by atoms with Crippen molar-refractivity contribution in [2.24, 2.45) is 0 Å². The van der Waals surface area contributed by atoms with Gasteiger partial charge in [-0.2, -0.15) is 0 Å². The van der Waals surface area contributed by atoms with E-state index in [4.69, 9.17) is 0 Å². The summed E-state index contributed by atoms with van der Waals surface area (Å²) in [6, 6.07) is 21.6. The van der Waals surface area contributed by atoms with E-state index < -0.39 is 0 Å². The molecule has 1 heterocycles. The van der Waals surface area contributed by atoms with Crippen molar-refractivity contribution in [3.63, 3.8) is 0 Å². The van der Waals surface area contributed by atoms with Crippen molar-refractivity contribution in [2.45, 2.75) is 18.9 Å². The van der Waals surface area contributed by atoms with Crippen LogP contribution in [0, 0.1) is 0 Å². The Kier molecular flexibility index (Phi) is 4.27. The second kappa shape index (κ2) is 6.51. The molecular weight excluding hydrogens is 256 g/mol. The van der Waals surface area contributed by atoms with E-state index in [0.29, 0.717) is 6.04 Å². The number of benzene rings is 2. The molecule has 2 nitrogen and oxygen atoms in total. The monoisotopic (exact) mass is 276 g/mol. The predicted octanol–water partition coefficient (Wildman–Crippen LogP) is 4.13. The van der Waals surface area contributed by atoms with Crippen LogP contribution in [0.15, 0.2) is 66.9 Å². The second-order valence-electron chi connectivity index (χ2n) is 5.32. The predicted molar refractivity (Wildman–Crippen MR) is 88.3 cm³/mol. The molecule has 2 heteroatoms. The lowest BCUT2D eigenvalue weighted by atomic mass is 9.98. The van der Waals surface area contributed by atoms with Crippen molar-refractivity contribution in [3.8, 4) is 0 Å². The number of pyridine rings is 1. The van der Waals surface area contributed by atoms with Gasteiger partial charge in [-0.3, -0.25) is 4.98 Å². The van der Waals surface area contributed by atoms with Gasteiger partial charge in [0, 0.05) is 17.6 Å². The summed E-state index contributed by atoms with van der Waals surface area (Å²) in [6.45, 7) is 0. The van der Waals surface area contributed by atoms with Crippen LogP contribution >= 0.6 is 0 Å². The van der Waals surface area contributed by atoms with Crippen LogP contribution in [0.2, 0.25) is 0 Å². The first kappa shape index (κ1) is 13.8. The number of fused-ring (bicyclic) bond motifs is 1. The highest BCUT2D eigenvalue weighted by atomic mass is 14.9. The molecule has 0 aliphatic carbocycles. The molecule has 2 aromatic carbocycles. The van der Waals surface area contributed by atoms with Crippen LogP contribution in [-0.4, -0.2) is 12.0 Å². The van der Waals surface area contributed by atoms with Crippen molar-refractivity contribution >= 4 is 10.9 Å². The molecule has 106 valence electrons. The fourth-order valence-electron chi connectivity index (χ4n) is 2.73. The van der Waals surface area contributed by atoms with E-state index in [1.54, 1.807) is 0 Å². The highest BCUT2D eigenvalue weighted by Crippen LogP contribution is 2.22. The Morgan fingerprint density at radius 1 is 1.00 bits per heavy atom. The van der Waals surface area contributed by atoms with E-state index in [0.717, 1.165) is 18.4 Å². The molecule has 0 amide bonds. The normalized spacial score (nSPS) is 12.4. The molecule has 0 radical (unpaired) electrons. The summed E-state index contributed by atoms with van der Waals surface area (Å²) in [5.41, 5.74) is 3.76. The van der Waals surface area contributed by atoms with Gasteiger partial charge in [0.05, 0.1) is 5.52 Å². The highest BCUT2D eigenvalue weighted by molar-refractivity contribution is 5.78. The van der Waals surface area contributed by atoms with Gasteiger partial charge in [0.25, 0.3) is 0 Å². The Morgan fingerprint density at radius 2 is 1.86 bits per heavy atom. The van der Waals surface area contributed by atoms with Crippen molar-refractivity contribution < 1.29 is 0 Å². The summed E-state index contributed by atoms with van der Waals surface area (Å²) in [6.07, 6.45) is 4.01. The molecule has 0 saturated heterocycles. The van der Waals surface area contributed by atoms with Crippen LogP contribution in [0.1, 0.15) is 23.6 Å². The summed E-state index contributed by atoms with van der Waals surface area (Å²) in [5.74, 6) is 0. The quantitative estimate of drug-likeness (QED) is 0.758. The fraction of sp³-hybridized carbons (Fsp3) is 0.211. The summed E-state index contributed by atoms with van der Waals surface area (Å²) in [4.78, 5) is 4.45. The molecule has 0 bridgehead atoms. The topological polar surface area (TPSA) is 24.9 Å². The van der Waals surface area contributed by atoms with Gasteiger partial charge in [-0.15, -0.1) is 0 Å². The van der Waals surface area contributed by atoms with E-state index in [1.165, 1.54) is 16.5 Å². The highest BCUT2D eigenvalue weighted by Gasteiger charge is 2.10. The Labute approximate surface area is 125 Å². The number of hydrogen-bond acceptors (Lipinski definition) is 2. The zero-order chi connectivity index (χ0) is 14.5. The average Bonchev–Trinajstić information content (AvgIpc) is 2.56. The molecule has 1 atom stereocenters. The molecule has 0 spiro atoms. The van der Waals surface area contributed by atoms with Gasteiger partial charge >= 0.3 is 0 Å². The van der Waals surface area contributed by atoms with E-state index >= 15 is 0 Å². The van der Waals surface area contributed by atoms with Crippen LogP contribution in [-0.2, 0) is 6.42 Å². The first-order valence-corrected chi connectivity index (χ1v) is 7.43. The maximum Gasteiger partial charge on any atom is 0.0705 e. The molecule has 0 aliphatic heterocycles. The van der Waals surface area contributed by atoms with Gasteiger partial charge in [0.1, 0.15) is 0 Å². The van der Waals surface area contributed by atoms with E-state index in [9.17, 15) is 0 Å². The van der Waals surface area contributed by atoms with Gasteiger partial charge in [0.2, 0.25) is 0 Å². The van der Waals surface area contributed by atoms with Crippen LogP contribution in [0.5, 0.6) is 0 Å². The number of nitrogens with zero attached hydrogens (tertiary/aromatic N) is 1.